The summed E-state index contributed by atoms with van der Waals surface area (Å²) in [5.74, 6) is -4.19. The van der Waals surface area contributed by atoms with E-state index < -0.39 is 17.5 Å². The van der Waals surface area contributed by atoms with Crippen LogP contribution in [0.1, 0.15) is 21.6 Å². The van der Waals surface area contributed by atoms with Gasteiger partial charge >= 0.3 is 0 Å². The average Bonchev–Trinajstić information content (AvgIpc) is 3.13. The molecule has 0 N–H and O–H groups in total. The number of carbonyl (C=O) groups is 2. The van der Waals surface area contributed by atoms with Crippen LogP contribution >= 0.6 is 0 Å². The third-order valence-electron chi connectivity index (χ3n) is 6.05. The summed E-state index contributed by atoms with van der Waals surface area (Å²) in [6.07, 6.45) is 0.402. The van der Waals surface area contributed by atoms with Gasteiger partial charge < -0.3 is 14.5 Å². The van der Waals surface area contributed by atoms with E-state index in [4.69, 9.17) is 4.74 Å². The maximum Gasteiger partial charge on any atom is 0.264 e. The fourth-order valence-corrected chi connectivity index (χ4v) is 4.39. The average molecular weight is 456 g/mol. The number of halogens is 3. The number of hydrogen-bond acceptors (Lipinski definition) is 4. The number of nitrogens with zero attached hydrogens (tertiary/aromatic N) is 4. The zero-order valence-electron chi connectivity index (χ0n) is 17.9. The number of aryl methyl sites for hydroxylation is 1. The van der Waals surface area contributed by atoms with Crippen LogP contribution in [0.3, 0.4) is 0 Å². The maximum absolute atomic E-state index is 13.8. The number of amides is 2. The molecule has 2 aromatic carbocycles. The van der Waals surface area contributed by atoms with E-state index in [1.165, 1.54) is 9.58 Å². The van der Waals surface area contributed by atoms with Crippen molar-refractivity contribution in [1.82, 2.24) is 14.7 Å². The molecule has 3 aromatic rings. The van der Waals surface area contributed by atoms with E-state index in [1.54, 1.807) is 37.2 Å². The standard InChI is InChI=1S/C23H19F3N4O3/c1-28-18-5-3-4-14(22(18)33-11-19(28)31)23(32)30-7-6-13-17(10-30)27-29(2)21(13)12-8-15(24)20(26)16(25)9-12/h3-5,8-9H,6-7,10-11H2,1-2H3. The molecule has 10 heteroatoms. The molecule has 0 bridgehead atoms. The van der Waals surface area contributed by atoms with Crippen LogP contribution in [0.15, 0.2) is 30.3 Å². The number of anilines is 1. The third-order valence-corrected chi connectivity index (χ3v) is 6.05. The van der Waals surface area contributed by atoms with Gasteiger partial charge in [-0.3, -0.25) is 14.3 Å². The molecule has 5 rings (SSSR count). The smallest absolute Gasteiger partial charge is 0.264 e. The molecule has 0 aliphatic carbocycles. The predicted molar refractivity (Wildman–Crippen MR) is 112 cm³/mol. The van der Waals surface area contributed by atoms with Gasteiger partial charge in [0.05, 0.1) is 29.2 Å². The summed E-state index contributed by atoms with van der Waals surface area (Å²) in [6, 6.07) is 6.94. The summed E-state index contributed by atoms with van der Waals surface area (Å²) in [5, 5.41) is 4.45. The topological polar surface area (TPSA) is 67.7 Å². The van der Waals surface area contributed by atoms with Crippen molar-refractivity contribution in [2.75, 3.05) is 25.1 Å². The number of likely N-dealkylation sites (N-methyl/N-ethyl adjacent to an activating group) is 1. The lowest BCUT2D eigenvalue weighted by atomic mass is 9.98. The second-order valence-corrected chi connectivity index (χ2v) is 8.02. The minimum absolute atomic E-state index is 0.146. The van der Waals surface area contributed by atoms with E-state index in [-0.39, 0.29) is 30.5 Å². The van der Waals surface area contributed by atoms with Crippen molar-refractivity contribution in [2.24, 2.45) is 7.05 Å². The van der Waals surface area contributed by atoms with Gasteiger partial charge in [0.2, 0.25) is 0 Å². The van der Waals surface area contributed by atoms with Crippen LogP contribution in [0.2, 0.25) is 0 Å². The SMILES string of the molecule is CN1C(=O)COc2c(C(=O)N3CCc4c(nn(C)c4-c4cc(F)c(F)c(F)c4)C3)cccc21. The first-order chi connectivity index (χ1) is 15.8. The van der Waals surface area contributed by atoms with Crippen molar-refractivity contribution in [2.45, 2.75) is 13.0 Å². The molecule has 0 spiro atoms. The van der Waals surface area contributed by atoms with Gasteiger partial charge in [0.25, 0.3) is 11.8 Å². The number of aromatic nitrogens is 2. The lowest BCUT2D eigenvalue weighted by Gasteiger charge is -2.30. The Bertz CT molecular complexity index is 1300. The highest BCUT2D eigenvalue weighted by atomic mass is 19.2. The van der Waals surface area contributed by atoms with Gasteiger partial charge in [0, 0.05) is 31.8 Å². The van der Waals surface area contributed by atoms with E-state index in [0.717, 1.165) is 17.7 Å². The first kappa shape index (κ1) is 21.0. The molecule has 33 heavy (non-hydrogen) atoms. The largest absolute Gasteiger partial charge is 0.481 e. The molecule has 0 saturated heterocycles. The highest BCUT2D eigenvalue weighted by Gasteiger charge is 2.32. The van der Waals surface area contributed by atoms with Crippen LogP contribution in [0, 0.1) is 17.5 Å². The van der Waals surface area contributed by atoms with Gasteiger partial charge in [-0.1, -0.05) is 6.07 Å². The lowest BCUT2D eigenvalue weighted by molar-refractivity contribution is -0.121. The first-order valence-corrected chi connectivity index (χ1v) is 10.3. The number of benzene rings is 2. The monoisotopic (exact) mass is 456 g/mol. The van der Waals surface area contributed by atoms with Gasteiger partial charge in [0.15, 0.2) is 29.8 Å². The molecule has 0 saturated carbocycles. The van der Waals surface area contributed by atoms with Crippen LogP contribution in [0.5, 0.6) is 5.75 Å². The molecule has 1 aromatic heterocycles. The second kappa shape index (κ2) is 7.65. The van der Waals surface area contributed by atoms with E-state index in [2.05, 4.69) is 5.10 Å². The number of rotatable bonds is 2. The minimum atomic E-state index is -1.52. The summed E-state index contributed by atoms with van der Waals surface area (Å²) < 4.78 is 48.1. The summed E-state index contributed by atoms with van der Waals surface area (Å²) in [5.41, 5.74) is 2.87. The lowest BCUT2D eigenvalue weighted by Crippen LogP contribution is -2.39. The van der Waals surface area contributed by atoms with Crippen LogP contribution in [-0.4, -0.2) is 46.7 Å². The van der Waals surface area contributed by atoms with Crippen molar-refractivity contribution < 1.29 is 27.5 Å². The van der Waals surface area contributed by atoms with Crippen molar-refractivity contribution >= 4 is 17.5 Å². The van der Waals surface area contributed by atoms with Crippen molar-refractivity contribution in [1.29, 1.82) is 0 Å². The molecule has 2 aliphatic heterocycles. The zero-order chi connectivity index (χ0) is 23.4. The molecule has 2 aliphatic rings. The minimum Gasteiger partial charge on any atom is -0.481 e. The molecule has 2 amide bonds. The van der Waals surface area contributed by atoms with Crippen LogP contribution in [0.4, 0.5) is 18.9 Å². The molecule has 0 atom stereocenters. The van der Waals surface area contributed by atoms with Gasteiger partial charge in [0.1, 0.15) is 0 Å². The Labute approximate surface area is 187 Å². The van der Waals surface area contributed by atoms with Crippen LogP contribution in [0.25, 0.3) is 11.3 Å². The number of para-hydroxylation sites is 1. The highest BCUT2D eigenvalue weighted by Crippen LogP contribution is 2.37. The Morgan fingerprint density at radius 3 is 2.58 bits per heavy atom. The first-order valence-electron chi connectivity index (χ1n) is 10.3. The highest BCUT2D eigenvalue weighted by molar-refractivity contribution is 6.04. The molecule has 3 heterocycles. The summed E-state index contributed by atoms with van der Waals surface area (Å²) in [4.78, 5) is 28.3. The van der Waals surface area contributed by atoms with Gasteiger partial charge in [-0.15, -0.1) is 0 Å². The molecular formula is C23H19F3N4O3. The molecule has 0 fully saturated rings. The Hall–Kier alpha value is -3.82. The quantitative estimate of drug-likeness (QED) is 0.556. The normalized spacial score (nSPS) is 15.2. The fourth-order valence-electron chi connectivity index (χ4n) is 4.39. The molecule has 0 radical (unpaired) electrons. The molecular weight excluding hydrogens is 437 g/mol. The van der Waals surface area contributed by atoms with E-state index >= 15 is 0 Å². The fraction of sp³-hybridized carbons (Fsp3) is 0.261. The molecule has 0 unspecified atom stereocenters. The summed E-state index contributed by atoms with van der Waals surface area (Å²) >= 11 is 0. The summed E-state index contributed by atoms with van der Waals surface area (Å²) in [6.45, 7) is 0.383. The molecule has 7 nitrogen and oxygen atoms in total. The number of ether oxygens (including phenoxy) is 1. The van der Waals surface area contributed by atoms with Gasteiger partial charge in [-0.2, -0.15) is 5.10 Å². The second-order valence-electron chi connectivity index (χ2n) is 8.02. The Morgan fingerprint density at radius 1 is 1.12 bits per heavy atom. The molecule has 170 valence electrons. The Balaban J connectivity index is 1.46. The Kier molecular flexibility index (Phi) is 4.88. The van der Waals surface area contributed by atoms with Crippen molar-refractivity contribution in [3.8, 4) is 17.0 Å². The van der Waals surface area contributed by atoms with Crippen molar-refractivity contribution in [3.05, 3.63) is 64.6 Å². The third kappa shape index (κ3) is 3.33. The van der Waals surface area contributed by atoms with Crippen molar-refractivity contribution in [3.63, 3.8) is 0 Å². The maximum atomic E-state index is 13.8. The summed E-state index contributed by atoms with van der Waals surface area (Å²) in [7, 11) is 3.26. The Morgan fingerprint density at radius 2 is 1.85 bits per heavy atom. The van der Waals surface area contributed by atoms with Gasteiger partial charge in [-0.05, 0) is 30.7 Å². The van der Waals surface area contributed by atoms with Gasteiger partial charge in [-0.25, -0.2) is 13.2 Å². The van der Waals surface area contributed by atoms with Crippen LogP contribution in [-0.2, 0) is 24.8 Å². The van der Waals surface area contributed by atoms with Crippen LogP contribution < -0.4 is 9.64 Å². The van der Waals surface area contributed by atoms with E-state index in [0.29, 0.717) is 41.4 Å². The van der Waals surface area contributed by atoms with E-state index in [9.17, 15) is 22.8 Å². The number of carbonyl (C=O) groups excluding carboxylic acids is 2. The number of hydrogen-bond donors (Lipinski definition) is 0. The number of fused-ring (bicyclic) bond motifs is 2. The van der Waals surface area contributed by atoms with E-state index in [1.807, 2.05) is 0 Å². The zero-order valence-corrected chi connectivity index (χ0v) is 17.9. The predicted octanol–water partition coefficient (Wildman–Crippen LogP) is 3.06.